The molecule has 0 radical (unpaired) electrons. The number of rotatable bonds is 4. The van der Waals surface area contributed by atoms with Gasteiger partial charge in [0.25, 0.3) is 0 Å². The zero-order valence-corrected chi connectivity index (χ0v) is 12.0. The molecule has 84 valence electrons. The van der Waals surface area contributed by atoms with E-state index in [0.29, 0.717) is 6.61 Å². The standard InChI is InChI=1S/C12H11BrOS2/c1-15-11-5-3-2-4-10(11)14-8-12-9(13)6-7-16-12/h2-7H,8H2,1H3. The molecule has 4 heteroatoms. The van der Waals surface area contributed by atoms with Crippen LogP contribution in [0.4, 0.5) is 0 Å². The minimum atomic E-state index is 0.621. The Hall–Kier alpha value is -0.450. The number of halogens is 1. The molecule has 2 aromatic rings. The molecule has 0 aliphatic rings. The van der Waals surface area contributed by atoms with Crippen molar-refractivity contribution in [3.63, 3.8) is 0 Å². The smallest absolute Gasteiger partial charge is 0.133 e. The number of benzene rings is 1. The van der Waals surface area contributed by atoms with E-state index in [0.717, 1.165) is 10.2 Å². The lowest BCUT2D eigenvalue weighted by Gasteiger charge is -2.08. The normalized spacial score (nSPS) is 10.4. The third-order valence-electron chi connectivity index (χ3n) is 2.12. The quantitative estimate of drug-likeness (QED) is 0.749. The zero-order chi connectivity index (χ0) is 11.4. The van der Waals surface area contributed by atoms with E-state index >= 15 is 0 Å². The molecule has 0 unspecified atom stereocenters. The first-order valence-electron chi connectivity index (χ1n) is 4.79. The third kappa shape index (κ3) is 2.81. The molecule has 0 aliphatic carbocycles. The Kier molecular flexibility index (Phi) is 4.32. The van der Waals surface area contributed by atoms with E-state index in [1.165, 1.54) is 9.77 Å². The Morgan fingerprint density at radius 2 is 2.12 bits per heavy atom. The lowest BCUT2D eigenvalue weighted by molar-refractivity contribution is 0.302. The molecule has 0 amide bonds. The van der Waals surface area contributed by atoms with Gasteiger partial charge in [-0.2, -0.15) is 0 Å². The van der Waals surface area contributed by atoms with Gasteiger partial charge in [0.05, 0.1) is 4.88 Å². The van der Waals surface area contributed by atoms with Crippen molar-refractivity contribution in [3.05, 3.63) is 45.1 Å². The molecule has 0 atom stereocenters. The summed E-state index contributed by atoms with van der Waals surface area (Å²) < 4.78 is 6.94. The van der Waals surface area contributed by atoms with Crippen LogP contribution in [0.25, 0.3) is 0 Å². The molecule has 16 heavy (non-hydrogen) atoms. The molecule has 1 aromatic carbocycles. The van der Waals surface area contributed by atoms with Crippen LogP contribution in [0, 0.1) is 0 Å². The first-order chi connectivity index (χ1) is 7.81. The van der Waals surface area contributed by atoms with E-state index in [4.69, 9.17) is 4.74 Å². The monoisotopic (exact) mass is 314 g/mol. The molecule has 0 saturated heterocycles. The number of para-hydroxylation sites is 1. The van der Waals surface area contributed by atoms with Crippen molar-refractivity contribution in [1.29, 1.82) is 0 Å². The van der Waals surface area contributed by atoms with Gasteiger partial charge in [-0.15, -0.1) is 23.1 Å². The van der Waals surface area contributed by atoms with Crippen molar-refractivity contribution in [2.24, 2.45) is 0 Å². The highest BCUT2D eigenvalue weighted by atomic mass is 79.9. The van der Waals surface area contributed by atoms with Gasteiger partial charge < -0.3 is 4.74 Å². The second-order valence-electron chi connectivity index (χ2n) is 3.13. The maximum Gasteiger partial charge on any atom is 0.133 e. The number of ether oxygens (including phenoxy) is 1. The summed E-state index contributed by atoms with van der Waals surface area (Å²) >= 11 is 6.91. The van der Waals surface area contributed by atoms with Crippen molar-refractivity contribution in [2.45, 2.75) is 11.5 Å². The summed E-state index contributed by atoms with van der Waals surface area (Å²) in [5, 5.41) is 2.06. The molecule has 0 spiro atoms. The van der Waals surface area contributed by atoms with Crippen molar-refractivity contribution < 1.29 is 4.74 Å². The first kappa shape index (κ1) is 12.0. The average Bonchev–Trinajstić information content (AvgIpc) is 2.72. The van der Waals surface area contributed by atoms with Crippen LogP contribution in [0.3, 0.4) is 0 Å². The highest BCUT2D eigenvalue weighted by molar-refractivity contribution is 9.10. The predicted octanol–water partition coefficient (Wildman–Crippen LogP) is 4.81. The van der Waals surface area contributed by atoms with Crippen LogP contribution in [0.2, 0.25) is 0 Å². The number of hydrogen-bond donors (Lipinski definition) is 0. The molecule has 1 heterocycles. The van der Waals surface area contributed by atoms with Gasteiger partial charge >= 0.3 is 0 Å². The first-order valence-corrected chi connectivity index (χ1v) is 7.68. The summed E-state index contributed by atoms with van der Waals surface area (Å²) in [6, 6.07) is 10.2. The third-order valence-corrected chi connectivity index (χ3v) is 4.80. The van der Waals surface area contributed by atoms with E-state index in [1.54, 1.807) is 23.1 Å². The molecule has 0 saturated carbocycles. The highest BCUT2D eigenvalue weighted by Gasteiger charge is 2.05. The van der Waals surface area contributed by atoms with Crippen LogP contribution in [0.1, 0.15) is 4.88 Å². The second-order valence-corrected chi connectivity index (χ2v) is 5.83. The molecule has 1 aromatic heterocycles. The summed E-state index contributed by atoms with van der Waals surface area (Å²) in [5.74, 6) is 0.954. The van der Waals surface area contributed by atoms with E-state index in [1.807, 2.05) is 24.3 Å². The van der Waals surface area contributed by atoms with Crippen LogP contribution in [-0.2, 0) is 6.61 Å². The van der Waals surface area contributed by atoms with Crippen molar-refractivity contribution in [3.8, 4) is 5.75 Å². The average molecular weight is 315 g/mol. The predicted molar refractivity (Wildman–Crippen MR) is 74.6 cm³/mol. The van der Waals surface area contributed by atoms with Gasteiger partial charge in [0, 0.05) is 9.37 Å². The zero-order valence-electron chi connectivity index (χ0n) is 8.77. The van der Waals surface area contributed by atoms with Gasteiger partial charge in [-0.25, -0.2) is 0 Å². The highest BCUT2D eigenvalue weighted by Crippen LogP contribution is 2.29. The van der Waals surface area contributed by atoms with Crippen LogP contribution >= 0.6 is 39.0 Å². The van der Waals surface area contributed by atoms with Crippen LogP contribution in [-0.4, -0.2) is 6.26 Å². The van der Waals surface area contributed by atoms with Gasteiger partial charge in [0.1, 0.15) is 12.4 Å². The fraction of sp³-hybridized carbons (Fsp3) is 0.167. The molecule has 0 N–H and O–H groups in total. The van der Waals surface area contributed by atoms with Crippen LogP contribution in [0.5, 0.6) is 5.75 Å². The topological polar surface area (TPSA) is 9.23 Å². The Morgan fingerprint density at radius 3 is 2.81 bits per heavy atom. The maximum atomic E-state index is 5.81. The van der Waals surface area contributed by atoms with E-state index in [-0.39, 0.29) is 0 Å². The minimum Gasteiger partial charge on any atom is -0.487 e. The van der Waals surface area contributed by atoms with Crippen molar-refractivity contribution in [2.75, 3.05) is 6.26 Å². The Morgan fingerprint density at radius 1 is 1.31 bits per heavy atom. The van der Waals surface area contributed by atoms with E-state index in [2.05, 4.69) is 33.6 Å². The molecule has 2 rings (SSSR count). The lowest BCUT2D eigenvalue weighted by Crippen LogP contribution is -1.94. The summed E-state index contributed by atoms with van der Waals surface area (Å²) in [6.45, 7) is 0.621. The second kappa shape index (κ2) is 5.75. The van der Waals surface area contributed by atoms with Gasteiger partial charge in [-0.3, -0.25) is 0 Å². The Bertz CT molecular complexity index is 468. The fourth-order valence-electron chi connectivity index (χ4n) is 1.31. The molecular formula is C12H11BrOS2. The Labute approximate surface area is 112 Å². The fourth-order valence-corrected chi connectivity index (χ4v) is 3.23. The van der Waals surface area contributed by atoms with Crippen LogP contribution in [0.15, 0.2) is 45.1 Å². The molecule has 0 fully saturated rings. The lowest BCUT2D eigenvalue weighted by atomic mass is 10.3. The largest absolute Gasteiger partial charge is 0.487 e. The number of thiophene rings is 1. The van der Waals surface area contributed by atoms with Crippen LogP contribution < -0.4 is 4.74 Å². The van der Waals surface area contributed by atoms with Gasteiger partial charge in [-0.05, 0) is 45.8 Å². The molecule has 0 aliphatic heterocycles. The van der Waals surface area contributed by atoms with Gasteiger partial charge in [0.15, 0.2) is 0 Å². The summed E-state index contributed by atoms with van der Waals surface area (Å²) in [4.78, 5) is 2.39. The molecule has 0 bridgehead atoms. The molecule has 1 nitrogen and oxygen atoms in total. The summed E-state index contributed by atoms with van der Waals surface area (Å²) in [7, 11) is 0. The summed E-state index contributed by atoms with van der Waals surface area (Å²) in [5.41, 5.74) is 0. The number of hydrogen-bond acceptors (Lipinski definition) is 3. The van der Waals surface area contributed by atoms with Gasteiger partial charge in [0.2, 0.25) is 0 Å². The SMILES string of the molecule is CSc1ccccc1OCc1sccc1Br. The summed E-state index contributed by atoms with van der Waals surface area (Å²) in [6.07, 6.45) is 2.06. The molecular weight excluding hydrogens is 304 g/mol. The van der Waals surface area contributed by atoms with Gasteiger partial charge in [-0.1, -0.05) is 12.1 Å². The minimum absolute atomic E-state index is 0.621. The van der Waals surface area contributed by atoms with Crippen molar-refractivity contribution >= 4 is 39.0 Å². The van der Waals surface area contributed by atoms with E-state index < -0.39 is 0 Å². The number of thioether (sulfide) groups is 1. The van der Waals surface area contributed by atoms with Crippen molar-refractivity contribution in [1.82, 2.24) is 0 Å². The Balaban J connectivity index is 2.07. The maximum absolute atomic E-state index is 5.81. The van der Waals surface area contributed by atoms with E-state index in [9.17, 15) is 0 Å².